The smallest absolute Gasteiger partial charge is 0.161 e. The molecule has 0 aromatic heterocycles. The van der Waals surface area contributed by atoms with Gasteiger partial charge >= 0.3 is 0 Å². The van der Waals surface area contributed by atoms with E-state index in [1.807, 2.05) is 42.5 Å². The number of nitriles is 1. The molecule has 1 aliphatic rings. The molecule has 0 radical (unpaired) electrons. The molecule has 1 heterocycles. The van der Waals surface area contributed by atoms with Crippen LogP contribution in [0, 0.1) is 11.3 Å². The van der Waals surface area contributed by atoms with E-state index in [1.54, 1.807) is 0 Å². The van der Waals surface area contributed by atoms with E-state index in [2.05, 4.69) is 18.3 Å². The highest BCUT2D eigenvalue weighted by Crippen LogP contribution is 2.30. The van der Waals surface area contributed by atoms with Gasteiger partial charge in [-0.1, -0.05) is 18.2 Å². The number of ether oxygens (including phenoxy) is 2. The summed E-state index contributed by atoms with van der Waals surface area (Å²) in [5.74, 6) is 1.62. The van der Waals surface area contributed by atoms with Crippen LogP contribution in [0.15, 0.2) is 42.5 Å². The van der Waals surface area contributed by atoms with Crippen molar-refractivity contribution in [1.82, 2.24) is 5.32 Å². The van der Waals surface area contributed by atoms with Crippen LogP contribution in [0.2, 0.25) is 0 Å². The molecule has 1 aliphatic heterocycles. The highest BCUT2D eigenvalue weighted by atomic mass is 16.6. The number of benzene rings is 2. The standard InChI is InChI=1S/C18H18N2O2/c1-13(16-4-2-3-14(9-16)11-19)20-12-15-5-6-17-18(10-15)22-8-7-21-17/h2-6,9-10,13,20H,7-8,12H2,1H3. The summed E-state index contributed by atoms with van der Waals surface area (Å²) < 4.78 is 11.1. The summed E-state index contributed by atoms with van der Waals surface area (Å²) in [5, 5.41) is 12.4. The van der Waals surface area contributed by atoms with Crippen LogP contribution in [0.4, 0.5) is 0 Å². The lowest BCUT2D eigenvalue weighted by molar-refractivity contribution is 0.171. The van der Waals surface area contributed by atoms with Crippen LogP contribution in [-0.2, 0) is 6.54 Å². The van der Waals surface area contributed by atoms with Crippen molar-refractivity contribution >= 4 is 0 Å². The molecule has 0 fully saturated rings. The second kappa shape index (κ2) is 6.50. The average Bonchev–Trinajstić information content (AvgIpc) is 2.59. The molecule has 2 aromatic carbocycles. The molecule has 1 unspecified atom stereocenters. The fourth-order valence-electron chi connectivity index (χ4n) is 2.46. The summed E-state index contributed by atoms with van der Waals surface area (Å²) in [7, 11) is 0. The zero-order valence-electron chi connectivity index (χ0n) is 12.5. The van der Waals surface area contributed by atoms with E-state index in [4.69, 9.17) is 14.7 Å². The molecule has 0 spiro atoms. The molecule has 4 nitrogen and oxygen atoms in total. The first-order chi connectivity index (χ1) is 10.8. The van der Waals surface area contributed by atoms with E-state index in [9.17, 15) is 0 Å². The minimum Gasteiger partial charge on any atom is -0.486 e. The van der Waals surface area contributed by atoms with Gasteiger partial charge < -0.3 is 14.8 Å². The fraction of sp³-hybridized carbons (Fsp3) is 0.278. The monoisotopic (exact) mass is 294 g/mol. The van der Waals surface area contributed by atoms with E-state index in [-0.39, 0.29) is 6.04 Å². The molecule has 3 rings (SSSR count). The molecule has 0 aliphatic carbocycles. The van der Waals surface area contributed by atoms with Crippen molar-refractivity contribution in [1.29, 1.82) is 5.26 Å². The number of fused-ring (bicyclic) bond motifs is 1. The third-order valence-electron chi connectivity index (χ3n) is 3.73. The Morgan fingerprint density at radius 1 is 1.14 bits per heavy atom. The molecule has 0 bridgehead atoms. The maximum Gasteiger partial charge on any atom is 0.161 e. The van der Waals surface area contributed by atoms with Gasteiger partial charge in [-0.15, -0.1) is 0 Å². The Labute approximate surface area is 130 Å². The van der Waals surface area contributed by atoms with Gasteiger partial charge in [-0.25, -0.2) is 0 Å². The van der Waals surface area contributed by atoms with Gasteiger partial charge in [-0.2, -0.15) is 5.26 Å². The van der Waals surface area contributed by atoms with E-state index in [0.29, 0.717) is 18.8 Å². The Bertz CT molecular complexity index is 706. The third-order valence-corrected chi connectivity index (χ3v) is 3.73. The number of nitrogens with one attached hydrogen (secondary N) is 1. The van der Waals surface area contributed by atoms with Gasteiger partial charge in [0.05, 0.1) is 11.6 Å². The van der Waals surface area contributed by atoms with Gasteiger partial charge in [-0.3, -0.25) is 0 Å². The van der Waals surface area contributed by atoms with E-state index >= 15 is 0 Å². The lowest BCUT2D eigenvalue weighted by Gasteiger charge is -2.20. The molecule has 0 amide bonds. The van der Waals surface area contributed by atoms with E-state index < -0.39 is 0 Å². The molecule has 4 heteroatoms. The lowest BCUT2D eigenvalue weighted by atomic mass is 10.1. The molecule has 22 heavy (non-hydrogen) atoms. The van der Waals surface area contributed by atoms with Crippen LogP contribution in [0.25, 0.3) is 0 Å². The van der Waals surface area contributed by atoms with E-state index in [0.717, 1.165) is 29.2 Å². The normalized spacial score (nSPS) is 14.2. The highest BCUT2D eigenvalue weighted by Gasteiger charge is 2.12. The van der Waals surface area contributed by atoms with E-state index in [1.165, 1.54) is 0 Å². The second-order valence-electron chi connectivity index (χ2n) is 5.32. The van der Waals surface area contributed by atoms with Crippen LogP contribution in [-0.4, -0.2) is 13.2 Å². The SMILES string of the molecule is CC(NCc1ccc2c(c1)OCCO2)c1cccc(C#N)c1. The first-order valence-electron chi connectivity index (χ1n) is 7.38. The molecule has 2 aromatic rings. The zero-order valence-corrected chi connectivity index (χ0v) is 12.5. The number of hydrogen-bond donors (Lipinski definition) is 1. The van der Waals surface area contributed by atoms with Crippen molar-refractivity contribution in [2.24, 2.45) is 0 Å². The summed E-state index contributed by atoms with van der Waals surface area (Å²) >= 11 is 0. The Balaban J connectivity index is 1.65. The van der Waals surface area contributed by atoms with Crippen molar-refractivity contribution in [3.8, 4) is 17.6 Å². The van der Waals surface area contributed by atoms with Gasteiger partial charge in [0.15, 0.2) is 11.5 Å². The number of rotatable bonds is 4. The Morgan fingerprint density at radius 3 is 2.77 bits per heavy atom. The van der Waals surface area contributed by atoms with Gasteiger partial charge in [0.1, 0.15) is 13.2 Å². The second-order valence-corrected chi connectivity index (χ2v) is 5.32. The average molecular weight is 294 g/mol. The Hall–Kier alpha value is -2.51. The topological polar surface area (TPSA) is 54.3 Å². The van der Waals surface area contributed by atoms with Crippen LogP contribution < -0.4 is 14.8 Å². The first-order valence-corrected chi connectivity index (χ1v) is 7.38. The van der Waals surface area contributed by atoms with Gasteiger partial charge in [0, 0.05) is 12.6 Å². The van der Waals surface area contributed by atoms with Crippen LogP contribution in [0.1, 0.15) is 29.7 Å². The molecular weight excluding hydrogens is 276 g/mol. The summed E-state index contributed by atoms with van der Waals surface area (Å²) in [5.41, 5.74) is 2.94. The van der Waals surface area contributed by atoms with Gasteiger partial charge in [-0.05, 0) is 42.3 Å². The molecule has 1 atom stereocenters. The molecule has 112 valence electrons. The van der Waals surface area contributed by atoms with Gasteiger partial charge in [0.25, 0.3) is 0 Å². The van der Waals surface area contributed by atoms with Crippen molar-refractivity contribution in [2.45, 2.75) is 19.5 Å². The van der Waals surface area contributed by atoms with Crippen LogP contribution in [0.3, 0.4) is 0 Å². The largest absolute Gasteiger partial charge is 0.486 e. The van der Waals surface area contributed by atoms with Gasteiger partial charge in [0.2, 0.25) is 0 Å². The summed E-state index contributed by atoms with van der Waals surface area (Å²) in [6.07, 6.45) is 0. The van der Waals surface area contributed by atoms with Crippen molar-refractivity contribution in [2.75, 3.05) is 13.2 Å². The fourth-order valence-corrected chi connectivity index (χ4v) is 2.46. The summed E-state index contributed by atoms with van der Waals surface area (Å²) in [4.78, 5) is 0. The quantitative estimate of drug-likeness (QED) is 0.941. The number of hydrogen-bond acceptors (Lipinski definition) is 4. The summed E-state index contributed by atoms with van der Waals surface area (Å²) in [6, 6.07) is 16.0. The predicted molar refractivity (Wildman–Crippen MR) is 83.8 cm³/mol. The minimum absolute atomic E-state index is 0.168. The molecule has 0 saturated carbocycles. The van der Waals surface area contributed by atoms with Crippen molar-refractivity contribution in [3.05, 3.63) is 59.2 Å². The number of nitrogens with zero attached hydrogens (tertiary/aromatic N) is 1. The molecular formula is C18H18N2O2. The highest BCUT2D eigenvalue weighted by molar-refractivity contribution is 5.43. The Kier molecular flexibility index (Phi) is 4.27. The van der Waals surface area contributed by atoms with Crippen molar-refractivity contribution < 1.29 is 9.47 Å². The van der Waals surface area contributed by atoms with Crippen LogP contribution in [0.5, 0.6) is 11.5 Å². The first kappa shape index (κ1) is 14.4. The zero-order chi connectivity index (χ0) is 15.4. The maximum atomic E-state index is 8.97. The van der Waals surface area contributed by atoms with Crippen molar-refractivity contribution in [3.63, 3.8) is 0 Å². The maximum absolute atomic E-state index is 8.97. The lowest BCUT2D eigenvalue weighted by Crippen LogP contribution is -2.19. The molecule has 0 saturated heterocycles. The minimum atomic E-state index is 0.168. The third kappa shape index (κ3) is 3.21. The molecule has 1 N–H and O–H groups in total. The Morgan fingerprint density at radius 2 is 1.95 bits per heavy atom. The predicted octanol–water partition coefficient (Wildman–Crippen LogP) is 3.18. The van der Waals surface area contributed by atoms with Crippen LogP contribution >= 0.6 is 0 Å². The summed E-state index contributed by atoms with van der Waals surface area (Å²) in [6.45, 7) is 4.03.